The second-order valence-electron chi connectivity index (χ2n) is 10.1. The van der Waals surface area contributed by atoms with Gasteiger partial charge in [0.05, 0.1) is 11.1 Å². The molecule has 2 aromatic rings. The maximum atomic E-state index is 14.7. The smallest absolute Gasteiger partial charge is 0.426 e. The highest BCUT2D eigenvalue weighted by Gasteiger charge is 2.40. The van der Waals surface area contributed by atoms with Crippen molar-refractivity contribution in [3.05, 3.63) is 64.7 Å². The van der Waals surface area contributed by atoms with E-state index in [-0.39, 0.29) is 18.1 Å². The number of ether oxygens (including phenoxy) is 1. The molecule has 0 unspecified atom stereocenters. The number of hydrogen-bond acceptors (Lipinski definition) is 1. The fraction of sp³-hybridized carbons (Fsp3) is 0.556. The van der Waals surface area contributed by atoms with E-state index in [2.05, 4.69) is 11.7 Å². The lowest BCUT2D eigenvalue weighted by molar-refractivity contribution is -0.187. The van der Waals surface area contributed by atoms with Gasteiger partial charge in [0.1, 0.15) is 5.82 Å². The Hall–Kier alpha value is -2.25. The second kappa shape index (κ2) is 10.0. The highest BCUT2D eigenvalue weighted by Crippen LogP contribution is 2.44. The molecule has 2 aliphatic rings. The van der Waals surface area contributed by atoms with Crippen LogP contribution >= 0.6 is 0 Å². The molecule has 0 spiro atoms. The molecule has 0 bridgehead atoms. The fourth-order valence-electron chi connectivity index (χ4n) is 5.66. The summed E-state index contributed by atoms with van der Waals surface area (Å²) < 4.78 is 100.0. The molecule has 0 aliphatic heterocycles. The molecule has 0 radical (unpaired) electrons. The van der Waals surface area contributed by atoms with Gasteiger partial charge in [-0.1, -0.05) is 25.8 Å². The predicted molar refractivity (Wildman–Crippen MR) is 118 cm³/mol. The Labute approximate surface area is 200 Å². The SMILES string of the molecule is CC1CCC(C2CCC(c3ccc(OC(F)(F)c4ccc(C(F)(F)F)c(F)c4)c(F)c3)CC2)CC1. The summed E-state index contributed by atoms with van der Waals surface area (Å²) in [7, 11) is 0. The average Bonchev–Trinajstić information content (AvgIpc) is 2.80. The second-order valence-corrected chi connectivity index (χ2v) is 10.1. The van der Waals surface area contributed by atoms with Gasteiger partial charge in [-0.05, 0) is 98.1 Å². The van der Waals surface area contributed by atoms with E-state index in [0.29, 0.717) is 12.0 Å². The number of alkyl halides is 5. The van der Waals surface area contributed by atoms with Gasteiger partial charge in [0.15, 0.2) is 11.6 Å². The third-order valence-corrected chi connectivity index (χ3v) is 7.78. The highest BCUT2D eigenvalue weighted by atomic mass is 19.4. The normalized spacial score (nSPS) is 25.9. The van der Waals surface area contributed by atoms with Crippen molar-refractivity contribution in [2.45, 2.75) is 76.5 Å². The van der Waals surface area contributed by atoms with Gasteiger partial charge < -0.3 is 4.74 Å². The van der Waals surface area contributed by atoms with Gasteiger partial charge in [-0.2, -0.15) is 22.0 Å². The zero-order valence-electron chi connectivity index (χ0n) is 19.5. The first-order chi connectivity index (χ1) is 16.4. The van der Waals surface area contributed by atoms with Crippen LogP contribution in [0.15, 0.2) is 36.4 Å². The lowest BCUT2D eigenvalue weighted by Gasteiger charge is -2.37. The fourth-order valence-corrected chi connectivity index (χ4v) is 5.66. The van der Waals surface area contributed by atoms with Gasteiger partial charge in [-0.25, -0.2) is 8.78 Å². The molecule has 2 aliphatic carbocycles. The van der Waals surface area contributed by atoms with Gasteiger partial charge in [-0.15, -0.1) is 0 Å². The Balaban J connectivity index is 1.40. The highest BCUT2D eigenvalue weighted by molar-refractivity contribution is 5.34. The largest absolute Gasteiger partial charge is 0.426 e. The first kappa shape index (κ1) is 25.8. The van der Waals surface area contributed by atoms with Crippen molar-refractivity contribution in [1.29, 1.82) is 0 Å². The van der Waals surface area contributed by atoms with Gasteiger partial charge in [0, 0.05) is 0 Å². The van der Waals surface area contributed by atoms with Crippen molar-refractivity contribution in [3.63, 3.8) is 0 Å². The van der Waals surface area contributed by atoms with Crippen LogP contribution in [0.5, 0.6) is 5.75 Å². The van der Waals surface area contributed by atoms with E-state index in [1.54, 1.807) is 6.07 Å². The monoisotopic (exact) mass is 502 g/mol. The van der Waals surface area contributed by atoms with Crippen molar-refractivity contribution in [2.75, 3.05) is 0 Å². The molecule has 0 amide bonds. The van der Waals surface area contributed by atoms with E-state index in [0.717, 1.165) is 49.1 Å². The van der Waals surface area contributed by atoms with Crippen LogP contribution < -0.4 is 4.74 Å². The summed E-state index contributed by atoms with van der Waals surface area (Å²) in [4.78, 5) is 0. The van der Waals surface area contributed by atoms with E-state index in [1.807, 2.05) is 0 Å². The molecule has 0 heterocycles. The number of hydrogen-bond donors (Lipinski definition) is 0. The van der Waals surface area contributed by atoms with Crippen LogP contribution in [0.3, 0.4) is 0 Å². The van der Waals surface area contributed by atoms with Crippen LogP contribution in [0.4, 0.5) is 30.7 Å². The molecule has 8 heteroatoms. The summed E-state index contributed by atoms with van der Waals surface area (Å²) in [5.41, 5.74) is -2.09. The van der Waals surface area contributed by atoms with Gasteiger partial charge in [0.25, 0.3) is 0 Å². The Bertz CT molecular complexity index is 1020. The maximum absolute atomic E-state index is 14.7. The van der Waals surface area contributed by atoms with Crippen molar-refractivity contribution in [2.24, 2.45) is 17.8 Å². The maximum Gasteiger partial charge on any atom is 0.426 e. The molecule has 4 rings (SSSR count). The van der Waals surface area contributed by atoms with Crippen LogP contribution in [0, 0.1) is 29.4 Å². The third kappa shape index (κ3) is 5.95. The zero-order valence-corrected chi connectivity index (χ0v) is 19.5. The van der Waals surface area contributed by atoms with Crippen LogP contribution in [0.1, 0.15) is 80.9 Å². The first-order valence-corrected chi connectivity index (χ1v) is 12.2. The molecule has 2 fully saturated rings. The Morgan fingerprint density at radius 2 is 1.31 bits per heavy atom. The van der Waals surface area contributed by atoms with E-state index < -0.39 is 40.8 Å². The van der Waals surface area contributed by atoms with Crippen molar-refractivity contribution < 1.29 is 35.5 Å². The van der Waals surface area contributed by atoms with E-state index in [9.17, 15) is 30.7 Å². The lowest BCUT2D eigenvalue weighted by atomic mass is 9.68. The molecule has 1 nitrogen and oxygen atoms in total. The Kier molecular flexibility index (Phi) is 7.39. The van der Waals surface area contributed by atoms with Crippen LogP contribution in [0.25, 0.3) is 0 Å². The van der Waals surface area contributed by atoms with Crippen molar-refractivity contribution in [1.82, 2.24) is 0 Å². The van der Waals surface area contributed by atoms with Crippen molar-refractivity contribution >= 4 is 0 Å². The molecule has 0 N–H and O–H groups in total. The molecular weight excluding hydrogens is 473 g/mol. The minimum absolute atomic E-state index is 0.0561. The minimum Gasteiger partial charge on any atom is -0.426 e. The summed E-state index contributed by atoms with van der Waals surface area (Å²) in [6, 6.07) is 4.53. The summed E-state index contributed by atoms with van der Waals surface area (Å²) in [5.74, 6) is -1.20. The van der Waals surface area contributed by atoms with Gasteiger partial charge in [-0.3, -0.25) is 0 Å². The number of rotatable bonds is 5. The predicted octanol–water partition coefficient (Wildman–Crippen LogP) is 9.21. The standard InChI is InChI=1S/C27H29F7O/c1-16-2-4-17(5-3-16)18-6-8-19(9-7-18)20-10-13-25(24(29)14-20)35-27(33,34)21-11-12-22(23(28)15-21)26(30,31)32/h10-19H,2-9H2,1H3. The Morgan fingerprint density at radius 1 is 0.714 bits per heavy atom. The summed E-state index contributed by atoms with van der Waals surface area (Å²) in [6.45, 7) is 2.30. The summed E-state index contributed by atoms with van der Waals surface area (Å²) in [6.07, 6.45) is -0.168. The molecule has 0 saturated heterocycles. The lowest BCUT2D eigenvalue weighted by Crippen LogP contribution is -2.25. The van der Waals surface area contributed by atoms with Gasteiger partial charge in [0.2, 0.25) is 0 Å². The molecule has 2 aromatic carbocycles. The molecule has 35 heavy (non-hydrogen) atoms. The van der Waals surface area contributed by atoms with Crippen LogP contribution in [-0.4, -0.2) is 0 Å². The van der Waals surface area contributed by atoms with Gasteiger partial charge >= 0.3 is 12.3 Å². The quantitative estimate of drug-likeness (QED) is 0.370. The topological polar surface area (TPSA) is 9.23 Å². The first-order valence-electron chi connectivity index (χ1n) is 12.2. The van der Waals surface area contributed by atoms with Crippen LogP contribution in [-0.2, 0) is 12.3 Å². The van der Waals surface area contributed by atoms with E-state index >= 15 is 0 Å². The summed E-state index contributed by atoms with van der Waals surface area (Å²) >= 11 is 0. The van der Waals surface area contributed by atoms with Crippen LogP contribution in [0.2, 0.25) is 0 Å². The third-order valence-electron chi connectivity index (χ3n) is 7.78. The number of halogens is 7. The number of benzene rings is 2. The molecule has 2 saturated carbocycles. The van der Waals surface area contributed by atoms with Crippen molar-refractivity contribution in [3.8, 4) is 5.75 Å². The molecule has 0 aromatic heterocycles. The summed E-state index contributed by atoms with van der Waals surface area (Å²) in [5, 5.41) is 0. The van der Waals surface area contributed by atoms with E-state index in [4.69, 9.17) is 0 Å². The average molecular weight is 503 g/mol. The molecular formula is C27H29F7O. The Morgan fingerprint density at radius 3 is 1.86 bits per heavy atom. The molecule has 0 atom stereocenters. The molecule has 192 valence electrons. The minimum atomic E-state index is -5.02. The van der Waals surface area contributed by atoms with E-state index in [1.165, 1.54) is 31.7 Å². The zero-order chi connectivity index (χ0) is 25.4.